The molecular formula is C29H28ClFN4O6S. The van der Waals surface area contributed by atoms with Crippen LogP contribution in [0.25, 0.3) is 11.4 Å². The molecule has 0 unspecified atom stereocenters. The Morgan fingerprint density at radius 1 is 1.17 bits per heavy atom. The van der Waals surface area contributed by atoms with E-state index in [-0.39, 0.29) is 23.1 Å². The van der Waals surface area contributed by atoms with Crippen LogP contribution in [0.4, 0.5) is 4.39 Å². The van der Waals surface area contributed by atoms with Gasteiger partial charge in [0.1, 0.15) is 5.82 Å². The molecule has 4 aromatic rings. The van der Waals surface area contributed by atoms with Crippen LogP contribution >= 0.6 is 11.6 Å². The fraction of sp³-hybridized carbons (Fsp3) is 0.345. The van der Waals surface area contributed by atoms with Gasteiger partial charge in [-0.05, 0) is 67.7 Å². The van der Waals surface area contributed by atoms with Crippen LogP contribution in [0.15, 0.2) is 58.0 Å². The quantitative estimate of drug-likeness (QED) is 0.313. The van der Waals surface area contributed by atoms with Gasteiger partial charge in [0.05, 0.1) is 17.0 Å². The molecule has 0 aliphatic carbocycles. The number of aromatic amines is 1. The van der Waals surface area contributed by atoms with Gasteiger partial charge in [-0.1, -0.05) is 28.9 Å². The Hall–Kier alpha value is -3.74. The van der Waals surface area contributed by atoms with Crippen molar-refractivity contribution < 1.29 is 26.8 Å². The Bertz CT molecular complexity index is 1820. The Kier molecular flexibility index (Phi) is 7.32. The minimum atomic E-state index is -3.35. The predicted octanol–water partition coefficient (Wildman–Crippen LogP) is 4.79. The van der Waals surface area contributed by atoms with Gasteiger partial charge in [-0.15, -0.1) is 0 Å². The summed E-state index contributed by atoms with van der Waals surface area (Å²) in [5, 5.41) is 3.97. The lowest BCUT2D eigenvalue weighted by molar-refractivity contribution is -0.0712. The molecule has 6 rings (SSSR count). The van der Waals surface area contributed by atoms with E-state index in [4.69, 9.17) is 21.1 Å². The number of fused-ring (bicyclic) bond motifs is 1. The summed E-state index contributed by atoms with van der Waals surface area (Å²) >= 11 is 5.94. The predicted molar refractivity (Wildman–Crippen MR) is 153 cm³/mol. The molecule has 0 radical (unpaired) electrons. The minimum Gasteiger partial charge on any atom is -0.444 e. The third kappa shape index (κ3) is 5.79. The zero-order valence-corrected chi connectivity index (χ0v) is 24.5. The van der Waals surface area contributed by atoms with E-state index in [2.05, 4.69) is 24.5 Å². The van der Waals surface area contributed by atoms with E-state index >= 15 is 0 Å². The number of aromatic nitrogens is 3. The first-order valence-electron chi connectivity index (χ1n) is 13.4. The van der Waals surface area contributed by atoms with Crippen LogP contribution in [0, 0.1) is 5.82 Å². The highest BCUT2D eigenvalue weighted by Crippen LogP contribution is 2.49. The molecule has 1 fully saturated rings. The molecule has 0 spiro atoms. The van der Waals surface area contributed by atoms with Crippen LogP contribution in [-0.2, 0) is 27.9 Å². The number of nitrogens with zero attached hydrogens (tertiary/aromatic N) is 3. The Morgan fingerprint density at radius 3 is 2.64 bits per heavy atom. The largest absolute Gasteiger partial charge is 0.444 e. The Labute approximate surface area is 246 Å². The number of hydrogen-bond donors (Lipinski definition) is 1. The summed E-state index contributed by atoms with van der Waals surface area (Å²) < 4.78 is 56.1. The van der Waals surface area contributed by atoms with Crippen molar-refractivity contribution >= 4 is 21.4 Å². The van der Waals surface area contributed by atoms with Crippen molar-refractivity contribution in [1.82, 2.24) is 20.0 Å². The summed E-state index contributed by atoms with van der Waals surface area (Å²) in [4.78, 5) is 20.6. The van der Waals surface area contributed by atoms with Crippen molar-refractivity contribution in [2.45, 2.75) is 43.8 Å². The number of nitrogens with one attached hydrogen (secondary N) is 1. The first-order valence-corrected chi connectivity index (χ1v) is 15.8. The third-order valence-electron chi connectivity index (χ3n) is 7.62. The summed E-state index contributed by atoms with van der Waals surface area (Å²) in [6.45, 7) is 3.65. The molecule has 2 aromatic heterocycles. The molecule has 1 atom stereocenters. The number of pyridine rings is 1. The zero-order valence-electron chi connectivity index (χ0n) is 22.9. The highest BCUT2D eigenvalue weighted by Gasteiger charge is 2.43. The molecule has 42 heavy (non-hydrogen) atoms. The van der Waals surface area contributed by atoms with Crippen LogP contribution in [0.3, 0.4) is 0 Å². The Balaban J connectivity index is 1.17. The van der Waals surface area contributed by atoms with Gasteiger partial charge in [0.25, 0.3) is 5.79 Å². The lowest BCUT2D eigenvalue weighted by atomic mass is 9.88. The summed E-state index contributed by atoms with van der Waals surface area (Å²) in [6.07, 6.45) is 4.37. The van der Waals surface area contributed by atoms with Gasteiger partial charge in [0, 0.05) is 42.1 Å². The van der Waals surface area contributed by atoms with E-state index in [9.17, 15) is 17.6 Å². The number of halogens is 2. The maximum Gasteiger partial charge on any atom is 0.439 e. The van der Waals surface area contributed by atoms with Crippen molar-refractivity contribution in [3.63, 3.8) is 0 Å². The second-order valence-corrected chi connectivity index (χ2v) is 13.4. The molecule has 10 nitrogen and oxygen atoms in total. The van der Waals surface area contributed by atoms with Gasteiger partial charge >= 0.3 is 5.76 Å². The smallest absolute Gasteiger partial charge is 0.439 e. The van der Waals surface area contributed by atoms with Gasteiger partial charge in [0.2, 0.25) is 0 Å². The van der Waals surface area contributed by atoms with Crippen molar-refractivity contribution in [2.24, 2.45) is 0 Å². The number of benzene rings is 2. The van der Waals surface area contributed by atoms with Crippen molar-refractivity contribution in [3.8, 4) is 22.9 Å². The normalized spacial score (nSPS) is 19.3. The Morgan fingerprint density at radius 2 is 1.95 bits per heavy atom. The first kappa shape index (κ1) is 28.4. The lowest BCUT2D eigenvalue weighted by Crippen LogP contribution is -2.34. The monoisotopic (exact) mass is 614 g/mol. The van der Waals surface area contributed by atoms with Gasteiger partial charge in [0.15, 0.2) is 27.2 Å². The fourth-order valence-electron chi connectivity index (χ4n) is 5.62. The number of H-pyrrole nitrogens is 1. The highest BCUT2D eigenvalue weighted by molar-refractivity contribution is 7.89. The SMILES string of the molecule is C[C@@]1(c2ccc(Cl)cc2F)Oc2cccc(C3CCN(Cc4ncc(-c5noc(=O)[nH]5)cc4CS(C)(=O)=O)CC3)c2O1. The van der Waals surface area contributed by atoms with E-state index < -0.39 is 27.2 Å². The van der Waals surface area contributed by atoms with Gasteiger partial charge in [-0.2, -0.15) is 0 Å². The van der Waals surface area contributed by atoms with E-state index in [1.807, 2.05) is 18.2 Å². The van der Waals surface area contributed by atoms with Crippen molar-refractivity contribution in [3.05, 3.63) is 92.4 Å². The maximum absolute atomic E-state index is 14.8. The second kappa shape index (κ2) is 10.8. The second-order valence-electron chi connectivity index (χ2n) is 10.8. The molecule has 0 amide bonds. The molecule has 1 saturated heterocycles. The number of sulfone groups is 1. The van der Waals surface area contributed by atoms with E-state index in [0.717, 1.165) is 31.5 Å². The maximum atomic E-state index is 14.8. The molecule has 13 heteroatoms. The number of ether oxygens (including phenoxy) is 2. The zero-order chi connectivity index (χ0) is 29.6. The van der Waals surface area contributed by atoms with Gasteiger partial charge in [-0.25, -0.2) is 17.6 Å². The highest BCUT2D eigenvalue weighted by atomic mass is 35.5. The van der Waals surface area contributed by atoms with Crippen LogP contribution < -0.4 is 15.2 Å². The summed E-state index contributed by atoms with van der Waals surface area (Å²) in [7, 11) is -3.35. The van der Waals surface area contributed by atoms with Crippen molar-refractivity contribution in [2.75, 3.05) is 19.3 Å². The fourth-order valence-corrected chi connectivity index (χ4v) is 6.60. The number of hydrogen-bond acceptors (Lipinski definition) is 9. The third-order valence-corrected chi connectivity index (χ3v) is 8.69. The molecule has 2 aromatic carbocycles. The van der Waals surface area contributed by atoms with Gasteiger partial charge in [-0.3, -0.25) is 19.4 Å². The molecule has 2 aliphatic heterocycles. The van der Waals surface area contributed by atoms with E-state index in [0.29, 0.717) is 39.9 Å². The molecular weight excluding hydrogens is 587 g/mol. The van der Waals surface area contributed by atoms with Crippen LogP contribution in [-0.4, -0.2) is 47.8 Å². The number of likely N-dealkylation sites (tertiary alicyclic amines) is 1. The minimum absolute atomic E-state index is 0.186. The van der Waals surface area contributed by atoms with Crippen molar-refractivity contribution in [1.29, 1.82) is 0 Å². The summed E-state index contributed by atoms with van der Waals surface area (Å²) in [5.41, 5.74) is 2.93. The molecule has 1 N–H and O–H groups in total. The average Bonchev–Trinajstić information content (AvgIpc) is 3.52. The van der Waals surface area contributed by atoms with Gasteiger partial charge < -0.3 is 9.47 Å². The lowest BCUT2D eigenvalue weighted by Gasteiger charge is -2.33. The average molecular weight is 615 g/mol. The van der Waals surface area contributed by atoms with E-state index in [1.54, 1.807) is 31.3 Å². The number of rotatable bonds is 7. The molecule has 0 saturated carbocycles. The summed E-state index contributed by atoms with van der Waals surface area (Å²) in [5.74, 6) is -1.16. The number of para-hydroxylation sites is 1. The van der Waals surface area contributed by atoms with Crippen LogP contribution in [0.5, 0.6) is 11.5 Å². The molecule has 2 aliphatic rings. The van der Waals surface area contributed by atoms with Crippen LogP contribution in [0.2, 0.25) is 5.02 Å². The molecule has 220 valence electrons. The van der Waals surface area contributed by atoms with Crippen LogP contribution in [0.1, 0.15) is 48.1 Å². The standard InChI is InChI=1S/C29H28ClFN4O6S/c1-29(22-7-6-20(30)13-23(22)31)39-25-5-3-4-21(26(25)40-29)17-8-10-35(11-9-17)15-24-19(16-42(2,37)38)12-18(14-32-24)27-33-28(36)41-34-27/h3-7,12-14,17H,8-11,15-16H2,1-2H3,(H,33,34,36)/t29-/m1/s1. The topological polar surface area (TPSA) is 128 Å². The van der Waals surface area contributed by atoms with E-state index in [1.165, 1.54) is 12.3 Å². The molecule has 4 heterocycles. The summed E-state index contributed by atoms with van der Waals surface area (Å²) in [6, 6.07) is 11.9. The first-order chi connectivity index (χ1) is 20.0. The number of piperidine rings is 1. The molecule has 0 bridgehead atoms.